The zero-order chi connectivity index (χ0) is 7.70. The lowest BCUT2D eigenvalue weighted by Gasteiger charge is -1.93. The van der Waals surface area contributed by atoms with Crippen molar-refractivity contribution in [3.63, 3.8) is 0 Å². The van der Waals surface area contributed by atoms with E-state index in [1.807, 2.05) is 0 Å². The van der Waals surface area contributed by atoms with Gasteiger partial charge in [0.05, 0.1) is 0 Å². The quantitative estimate of drug-likeness (QED) is 0.497. The van der Waals surface area contributed by atoms with Crippen molar-refractivity contribution in [3.05, 3.63) is 25.3 Å². The van der Waals surface area contributed by atoms with Crippen LogP contribution >= 0.6 is 0 Å². The Morgan fingerprint density at radius 1 is 1.33 bits per heavy atom. The van der Waals surface area contributed by atoms with Gasteiger partial charge in [-0.15, -0.1) is 13.2 Å². The van der Waals surface area contributed by atoms with Gasteiger partial charge in [-0.05, 0) is 19.3 Å². The van der Waals surface area contributed by atoms with Crippen molar-refractivity contribution in [1.82, 2.24) is 0 Å². The van der Waals surface area contributed by atoms with E-state index in [9.17, 15) is 0 Å². The lowest BCUT2D eigenvalue weighted by atomic mass is 10.1. The molecule has 0 spiro atoms. The molecular weight excluding hydrogens is 108 g/mol. The molecule has 0 radical (unpaired) electrons. The summed E-state index contributed by atoms with van der Waals surface area (Å²) in [5.74, 6) is 0.816. The van der Waals surface area contributed by atoms with Gasteiger partial charge in [-0.2, -0.15) is 0 Å². The predicted molar refractivity (Wildman–Crippen MR) is 45.5 cm³/mol. The molecule has 0 heteroatoms. The fourth-order valence-electron chi connectivity index (χ4n) is 0.408. The topological polar surface area (TPSA) is 0 Å². The Morgan fingerprint density at radius 2 is 1.78 bits per heavy atom. The number of hydrogen-bond acceptors (Lipinski definition) is 0. The summed E-state index contributed by atoms with van der Waals surface area (Å²) < 4.78 is 0. The first kappa shape index (κ1) is 11.3. The van der Waals surface area contributed by atoms with Gasteiger partial charge in [0.2, 0.25) is 0 Å². The highest BCUT2D eigenvalue weighted by Crippen LogP contribution is 1.98. The van der Waals surface area contributed by atoms with E-state index in [2.05, 4.69) is 46.1 Å². The van der Waals surface area contributed by atoms with Gasteiger partial charge >= 0.3 is 0 Å². The van der Waals surface area contributed by atoms with Crippen molar-refractivity contribution in [1.29, 1.82) is 0 Å². The summed E-state index contributed by atoms with van der Waals surface area (Å²) >= 11 is 0. The molecule has 0 saturated carbocycles. The minimum absolute atomic E-state index is 0.816. The first-order chi connectivity index (χ1) is 4.27. The molecule has 0 rings (SSSR count). The Labute approximate surface area is 59.3 Å². The molecule has 0 fully saturated rings. The second kappa shape index (κ2) is 10.5. The van der Waals surface area contributed by atoms with Gasteiger partial charge in [0, 0.05) is 0 Å². The molecule has 0 unspecified atom stereocenters. The Kier molecular flexibility index (Phi) is 13.1. The first-order valence-electron chi connectivity index (χ1n) is 3.38. The van der Waals surface area contributed by atoms with E-state index < -0.39 is 0 Å². The van der Waals surface area contributed by atoms with Crippen LogP contribution in [0.25, 0.3) is 0 Å². The Morgan fingerprint density at radius 3 is 1.89 bits per heavy atom. The molecule has 0 aliphatic heterocycles. The molecule has 0 bridgehead atoms. The summed E-state index contributed by atoms with van der Waals surface area (Å²) in [4.78, 5) is 0. The van der Waals surface area contributed by atoms with E-state index in [1.165, 1.54) is 6.42 Å². The first-order valence-corrected chi connectivity index (χ1v) is 3.38. The molecule has 0 aromatic rings. The largest absolute Gasteiger partial charge is 0.106 e. The molecule has 0 heterocycles. The minimum atomic E-state index is 0.816. The summed E-state index contributed by atoms with van der Waals surface area (Å²) in [6.07, 6.45) is 5.52. The van der Waals surface area contributed by atoms with Crippen LogP contribution in [0.1, 0.15) is 27.2 Å². The van der Waals surface area contributed by atoms with Crippen LogP contribution in [0.15, 0.2) is 25.3 Å². The molecule has 0 aliphatic carbocycles. The third-order valence-electron chi connectivity index (χ3n) is 0.843. The van der Waals surface area contributed by atoms with Gasteiger partial charge in [0.1, 0.15) is 0 Å². The van der Waals surface area contributed by atoms with Crippen LogP contribution in [0.4, 0.5) is 0 Å². The standard InChI is InChI=1S/C7H14.C2H4/c1-4-5-6-7(2)3;1-2/h4-5,7H,6H2,1-3H3;1-2H2/b5-4+;. The summed E-state index contributed by atoms with van der Waals surface area (Å²) in [6.45, 7) is 12.5. The average molecular weight is 126 g/mol. The number of rotatable bonds is 2. The third kappa shape index (κ3) is 18.5. The van der Waals surface area contributed by atoms with E-state index in [-0.39, 0.29) is 0 Å². The second-order valence-electron chi connectivity index (χ2n) is 2.20. The number of hydrogen-bond donors (Lipinski definition) is 0. The maximum atomic E-state index is 3.00. The summed E-state index contributed by atoms with van der Waals surface area (Å²) in [5, 5.41) is 0. The van der Waals surface area contributed by atoms with E-state index in [1.54, 1.807) is 0 Å². The minimum Gasteiger partial charge on any atom is -0.106 e. The summed E-state index contributed by atoms with van der Waals surface area (Å²) in [6, 6.07) is 0. The van der Waals surface area contributed by atoms with Gasteiger partial charge in [-0.1, -0.05) is 26.0 Å². The van der Waals surface area contributed by atoms with Crippen molar-refractivity contribution < 1.29 is 0 Å². The average Bonchev–Trinajstić information content (AvgIpc) is 1.88. The predicted octanol–water partition coefficient (Wildman–Crippen LogP) is 3.41. The van der Waals surface area contributed by atoms with E-state index in [0.717, 1.165) is 5.92 Å². The molecule has 0 atom stereocenters. The molecule has 54 valence electrons. The van der Waals surface area contributed by atoms with E-state index in [0.29, 0.717) is 0 Å². The van der Waals surface area contributed by atoms with Gasteiger partial charge in [0.25, 0.3) is 0 Å². The van der Waals surface area contributed by atoms with Crippen LogP contribution in [-0.4, -0.2) is 0 Å². The highest BCUT2D eigenvalue weighted by atomic mass is 13.9. The fourth-order valence-corrected chi connectivity index (χ4v) is 0.408. The maximum absolute atomic E-state index is 3.00. The molecule has 0 amide bonds. The van der Waals surface area contributed by atoms with Crippen LogP contribution in [-0.2, 0) is 0 Å². The monoisotopic (exact) mass is 126 g/mol. The van der Waals surface area contributed by atoms with Crippen molar-refractivity contribution in [3.8, 4) is 0 Å². The zero-order valence-electron chi connectivity index (χ0n) is 6.85. The van der Waals surface area contributed by atoms with E-state index in [4.69, 9.17) is 0 Å². The lowest BCUT2D eigenvalue weighted by Crippen LogP contribution is -1.79. The molecule has 0 N–H and O–H groups in total. The second-order valence-corrected chi connectivity index (χ2v) is 2.20. The van der Waals surface area contributed by atoms with Crippen molar-refractivity contribution in [2.75, 3.05) is 0 Å². The van der Waals surface area contributed by atoms with Gasteiger partial charge in [0.15, 0.2) is 0 Å². The Hall–Kier alpha value is -0.520. The highest BCUT2D eigenvalue weighted by molar-refractivity contribution is 4.77. The molecule has 0 nitrogen and oxygen atoms in total. The van der Waals surface area contributed by atoms with E-state index >= 15 is 0 Å². The highest BCUT2D eigenvalue weighted by Gasteiger charge is 1.83. The summed E-state index contributed by atoms with van der Waals surface area (Å²) in [5.41, 5.74) is 0. The molecule has 0 aliphatic rings. The van der Waals surface area contributed by atoms with Gasteiger partial charge in [-0.25, -0.2) is 0 Å². The van der Waals surface area contributed by atoms with Crippen LogP contribution in [0.5, 0.6) is 0 Å². The molecule has 0 aromatic carbocycles. The Bertz CT molecular complexity index is 60.4. The molecule has 0 aromatic heterocycles. The van der Waals surface area contributed by atoms with Crippen LogP contribution < -0.4 is 0 Å². The number of allylic oxidation sites excluding steroid dienone is 2. The maximum Gasteiger partial charge on any atom is -0.0328 e. The SMILES string of the molecule is C/C=C/CC(C)C.C=C. The van der Waals surface area contributed by atoms with Crippen molar-refractivity contribution >= 4 is 0 Å². The van der Waals surface area contributed by atoms with Gasteiger partial charge < -0.3 is 0 Å². The van der Waals surface area contributed by atoms with Crippen LogP contribution in [0.2, 0.25) is 0 Å². The van der Waals surface area contributed by atoms with Gasteiger partial charge in [-0.3, -0.25) is 0 Å². The third-order valence-corrected chi connectivity index (χ3v) is 0.843. The molecular formula is C9H18. The van der Waals surface area contributed by atoms with Crippen LogP contribution in [0, 0.1) is 5.92 Å². The van der Waals surface area contributed by atoms with Crippen LogP contribution in [0.3, 0.4) is 0 Å². The normalized spacial score (nSPS) is 9.33. The summed E-state index contributed by atoms with van der Waals surface area (Å²) in [7, 11) is 0. The lowest BCUT2D eigenvalue weighted by molar-refractivity contribution is 0.663. The zero-order valence-corrected chi connectivity index (χ0v) is 6.85. The van der Waals surface area contributed by atoms with Crippen molar-refractivity contribution in [2.24, 2.45) is 5.92 Å². The fraction of sp³-hybridized carbons (Fsp3) is 0.556. The molecule has 0 saturated heterocycles. The Balaban J connectivity index is 0. The smallest absolute Gasteiger partial charge is 0.0328 e. The van der Waals surface area contributed by atoms with Crippen molar-refractivity contribution in [2.45, 2.75) is 27.2 Å². The molecule has 9 heavy (non-hydrogen) atoms.